The van der Waals surface area contributed by atoms with Crippen molar-refractivity contribution in [3.8, 4) is 0 Å². The van der Waals surface area contributed by atoms with Gasteiger partial charge in [-0.05, 0) is 83.5 Å². The van der Waals surface area contributed by atoms with Gasteiger partial charge >= 0.3 is 19.8 Å². The number of ether oxygens (including phenoxy) is 2. The third kappa shape index (κ3) is 40.2. The Hall–Kier alpha value is -2.81. The number of phosphoric acid groups is 1. The second-order valence-corrected chi connectivity index (χ2v) is 14.3. The number of aliphatic hydroxyl groups is 1. The molecule has 0 spiro atoms. The molecule has 9 nitrogen and oxygen atoms in total. The highest BCUT2D eigenvalue weighted by molar-refractivity contribution is 7.46. The SMILES string of the molecule is CCCCC/C=C\C=C/[C@H](O)C/C=C\C/C=C/CCCC(=O)O[C@H](COC(=O)CCCCCC/C=C\C/C=C\C/C=C\CCCCC)COP(=O)(O)O. The molecule has 0 aromatic heterocycles. The largest absolute Gasteiger partial charge is 0.469 e. The Morgan fingerprint density at radius 3 is 1.70 bits per heavy atom. The van der Waals surface area contributed by atoms with E-state index < -0.39 is 38.6 Å². The quantitative estimate of drug-likeness (QED) is 0.0189. The third-order valence-electron chi connectivity index (χ3n) is 7.97. The maximum Gasteiger partial charge on any atom is 0.469 e. The second kappa shape index (κ2) is 37.5. The standard InChI is InChI=1S/C43H71O9P/c1-3-5-7-9-11-12-13-14-15-16-17-18-19-20-24-28-32-36-42(45)50-38-41(39-51-53(47,48)49)52-43(46)37-33-29-25-21-23-27-31-35-40(44)34-30-26-22-10-8-6-4-2/h11-12,14-15,17-18,21-22,25-27,30-31,34,40-41,44H,3-10,13,16,19-20,23-24,28-29,32-33,35-39H2,1-2H3,(H2,47,48,49)/b12-11-,15-14-,18-17-,25-21+,26-22-,31-27-,34-30-/t40-,41+/m0/s1. The predicted molar refractivity (Wildman–Crippen MR) is 217 cm³/mol. The van der Waals surface area contributed by atoms with Crippen LogP contribution in [0.5, 0.6) is 0 Å². The Balaban J connectivity index is 4.17. The molecular weight excluding hydrogens is 691 g/mol. The molecule has 0 bridgehead atoms. The molecule has 0 aromatic rings. The highest BCUT2D eigenvalue weighted by Gasteiger charge is 2.22. The van der Waals surface area contributed by atoms with Gasteiger partial charge in [0.05, 0.1) is 12.7 Å². The first-order valence-electron chi connectivity index (χ1n) is 20.0. The highest BCUT2D eigenvalue weighted by Crippen LogP contribution is 2.36. The molecule has 3 N–H and O–H groups in total. The van der Waals surface area contributed by atoms with Crippen LogP contribution in [0.3, 0.4) is 0 Å². The second-order valence-electron chi connectivity index (χ2n) is 13.1. The molecule has 0 aliphatic rings. The smallest absolute Gasteiger partial charge is 0.462 e. The van der Waals surface area contributed by atoms with E-state index in [0.717, 1.165) is 44.9 Å². The van der Waals surface area contributed by atoms with E-state index in [0.29, 0.717) is 32.1 Å². The van der Waals surface area contributed by atoms with Crippen LogP contribution in [0.2, 0.25) is 0 Å². The zero-order chi connectivity index (χ0) is 39.1. The zero-order valence-electron chi connectivity index (χ0n) is 32.7. The van der Waals surface area contributed by atoms with Crippen LogP contribution in [-0.4, -0.2) is 52.3 Å². The molecule has 0 aliphatic heterocycles. The molecule has 0 unspecified atom stereocenters. The summed E-state index contributed by atoms with van der Waals surface area (Å²) < 4.78 is 26.2. The number of carbonyl (C=O) groups is 2. The molecule has 0 aromatic carbocycles. The first-order chi connectivity index (χ1) is 25.7. The van der Waals surface area contributed by atoms with Gasteiger partial charge in [-0.1, -0.05) is 137 Å². The Kier molecular flexibility index (Phi) is 35.5. The van der Waals surface area contributed by atoms with E-state index in [-0.39, 0.29) is 19.4 Å². The number of hydrogen-bond donors (Lipinski definition) is 3. The summed E-state index contributed by atoms with van der Waals surface area (Å²) in [7, 11) is -4.79. The van der Waals surface area contributed by atoms with E-state index in [1.54, 1.807) is 6.08 Å². The summed E-state index contributed by atoms with van der Waals surface area (Å²) in [5.41, 5.74) is 0. The number of carbonyl (C=O) groups excluding carboxylic acids is 2. The molecule has 0 rings (SSSR count). The Labute approximate surface area is 321 Å². The molecule has 0 radical (unpaired) electrons. The summed E-state index contributed by atoms with van der Waals surface area (Å²) in [6, 6.07) is 0. The van der Waals surface area contributed by atoms with Gasteiger partial charge in [-0.15, -0.1) is 0 Å². The summed E-state index contributed by atoms with van der Waals surface area (Å²) in [5, 5.41) is 10.0. The summed E-state index contributed by atoms with van der Waals surface area (Å²) >= 11 is 0. The van der Waals surface area contributed by atoms with Crippen LogP contribution in [0.1, 0.15) is 149 Å². The van der Waals surface area contributed by atoms with Gasteiger partial charge in [0.2, 0.25) is 0 Å². The maximum absolute atomic E-state index is 12.4. The average Bonchev–Trinajstić information content (AvgIpc) is 3.12. The van der Waals surface area contributed by atoms with Crippen LogP contribution in [0.4, 0.5) is 0 Å². The first kappa shape index (κ1) is 50.2. The lowest BCUT2D eigenvalue weighted by Gasteiger charge is -2.18. The van der Waals surface area contributed by atoms with Crippen molar-refractivity contribution in [3.63, 3.8) is 0 Å². The molecule has 0 amide bonds. The van der Waals surface area contributed by atoms with E-state index in [2.05, 4.69) is 60.9 Å². The maximum atomic E-state index is 12.4. The fourth-order valence-electron chi connectivity index (χ4n) is 4.92. The average molecular weight is 763 g/mol. The van der Waals surface area contributed by atoms with Gasteiger partial charge in [0.1, 0.15) is 6.61 Å². The van der Waals surface area contributed by atoms with Gasteiger partial charge in [0.25, 0.3) is 0 Å². The molecule has 302 valence electrons. The first-order valence-corrected chi connectivity index (χ1v) is 21.5. The molecule has 10 heteroatoms. The number of rotatable bonds is 35. The number of unbranched alkanes of at least 4 members (excludes halogenated alkanes) is 11. The van der Waals surface area contributed by atoms with Crippen molar-refractivity contribution in [2.45, 2.75) is 161 Å². The molecule has 0 saturated heterocycles. The van der Waals surface area contributed by atoms with Crippen molar-refractivity contribution in [3.05, 3.63) is 85.1 Å². The van der Waals surface area contributed by atoms with Gasteiger partial charge in [0, 0.05) is 12.8 Å². The normalized spacial score (nSPS) is 14.0. The van der Waals surface area contributed by atoms with Crippen LogP contribution in [0.15, 0.2) is 85.1 Å². The Morgan fingerprint density at radius 2 is 1.09 bits per heavy atom. The minimum absolute atomic E-state index is 0.0921. The molecule has 0 fully saturated rings. The number of aliphatic hydroxyl groups excluding tert-OH is 1. The lowest BCUT2D eigenvalue weighted by molar-refractivity contribution is -0.161. The van der Waals surface area contributed by atoms with Crippen molar-refractivity contribution in [2.24, 2.45) is 0 Å². The minimum atomic E-state index is -4.79. The van der Waals surface area contributed by atoms with Gasteiger partial charge in [0.15, 0.2) is 6.10 Å². The molecule has 53 heavy (non-hydrogen) atoms. The van der Waals surface area contributed by atoms with Crippen molar-refractivity contribution >= 4 is 19.8 Å². The van der Waals surface area contributed by atoms with E-state index in [9.17, 15) is 19.3 Å². The lowest BCUT2D eigenvalue weighted by Crippen LogP contribution is -2.29. The highest BCUT2D eigenvalue weighted by atomic mass is 31.2. The van der Waals surface area contributed by atoms with Gasteiger partial charge in [-0.3, -0.25) is 14.1 Å². The van der Waals surface area contributed by atoms with Crippen molar-refractivity contribution in [2.75, 3.05) is 13.2 Å². The topological polar surface area (TPSA) is 140 Å². The molecule has 0 aliphatic carbocycles. The number of hydrogen-bond acceptors (Lipinski definition) is 7. The van der Waals surface area contributed by atoms with E-state index in [4.69, 9.17) is 19.3 Å². The van der Waals surface area contributed by atoms with Crippen molar-refractivity contribution in [1.82, 2.24) is 0 Å². The Bertz CT molecular complexity index is 1150. The summed E-state index contributed by atoms with van der Waals surface area (Å²) in [6.45, 7) is 3.47. The summed E-state index contributed by atoms with van der Waals surface area (Å²) in [4.78, 5) is 42.8. The fraction of sp³-hybridized carbons (Fsp3) is 0.628. The minimum Gasteiger partial charge on any atom is -0.462 e. The predicted octanol–water partition coefficient (Wildman–Crippen LogP) is 11.0. The van der Waals surface area contributed by atoms with Gasteiger partial charge in [-0.25, -0.2) is 4.57 Å². The molecule has 0 saturated carbocycles. The number of esters is 2. The molecular formula is C43H71O9P. The van der Waals surface area contributed by atoms with Crippen LogP contribution in [0.25, 0.3) is 0 Å². The van der Waals surface area contributed by atoms with Crippen molar-refractivity contribution < 1.29 is 43.0 Å². The summed E-state index contributed by atoms with van der Waals surface area (Å²) in [5.74, 6) is -1.03. The van der Waals surface area contributed by atoms with E-state index >= 15 is 0 Å². The number of allylic oxidation sites excluding steroid dienone is 12. The summed E-state index contributed by atoms with van der Waals surface area (Å²) in [6.07, 6.45) is 46.1. The Morgan fingerprint density at radius 1 is 0.585 bits per heavy atom. The fourth-order valence-corrected chi connectivity index (χ4v) is 5.28. The lowest BCUT2D eigenvalue weighted by atomic mass is 10.1. The van der Waals surface area contributed by atoms with E-state index in [1.165, 1.54) is 44.9 Å². The zero-order valence-corrected chi connectivity index (χ0v) is 33.6. The van der Waals surface area contributed by atoms with Crippen LogP contribution < -0.4 is 0 Å². The number of phosphoric ester groups is 1. The van der Waals surface area contributed by atoms with Crippen LogP contribution >= 0.6 is 7.82 Å². The van der Waals surface area contributed by atoms with Crippen LogP contribution in [0, 0.1) is 0 Å². The van der Waals surface area contributed by atoms with Crippen LogP contribution in [-0.2, 0) is 28.2 Å². The van der Waals surface area contributed by atoms with Gasteiger partial charge < -0.3 is 24.4 Å². The third-order valence-corrected chi connectivity index (χ3v) is 8.45. The molecule has 2 atom stereocenters. The van der Waals surface area contributed by atoms with E-state index in [1.807, 2.05) is 36.5 Å². The van der Waals surface area contributed by atoms with Crippen molar-refractivity contribution in [1.29, 1.82) is 0 Å². The molecule has 0 heterocycles. The van der Waals surface area contributed by atoms with Gasteiger partial charge in [-0.2, -0.15) is 0 Å². The monoisotopic (exact) mass is 762 g/mol.